The van der Waals surface area contributed by atoms with Crippen LogP contribution in [-0.4, -0.2) is 51.0 Å². The van der Waals surface area contributed by atoms with E-state index >= 15 is 0 Å². The molecule has 0 amide bonds. The van der Waals surface area contributed by atoms with Crippen LogP contribution in [-0.2, 0) is 9.53 Å². The van der Waals surface area contributed by atoms with Crippen LogP contribution < -0.4 is 0 Å². The summed E-state index contributed by atoms with van der Waals surface area (Å²) in [6.07, 6.45) is 1.54. The molecule has 1 saturated heterocycles. The molecule has 1 rings (SSSR count). The Bertz CT molecular complexity index is 223. The van der Waals surface area contributed by atoms with Crippen LogP contribution in [0.15, 0.2) is 0 Å². The van der Waals surface area contributed by atoms with Gasteiger partial charge in [-0.25, -0.2) is 0 Å². The van der Waals surface area contributed by atoms with Crippen LogP contribution in [0.25, 0.3) is 0 Å². The molecule has 0 saturated carbocycles. The molecule has 1 aliphatic rings. The van der Waals surface area contributed by atoms with Crippen molar-refractivity contribution in [3.05, 3.63) is 0 Å². The van der Waals surface area contributed by atoms with Gasteiger partial charge in [0.15, 0.2) is 0 Å². The van der Waals surface area contributed by atoms with Crippen molar-refractivity contribution in [2.75, 3.05) is 33.3 Å². The standard InChI is InChI=1S/C7H18N.C4H6O2.BF4/c1-5-8(4,6-2)7-3;5-4-2-1-3-6-4;2-1(3,4)5/h5-7H2,1-4H3;1-3H2;/q+1;;-1. The molecule has 3 nitrogen and oxygen atoms in total. The highest BCUT2D eigenvalue weighted by Gasteiger charge is 2.20. The Hall–Kier alpha value is -0.785. The lowest BCUT2D eigenvalue weighted by Gasteiger charge is -2.30. The normalized spacial score (nSPS) is 14.8. The number of ether oxygens (including phenoxy) is 1. The quantitative estimate of drug-likeness (QED) is 0.345. The average molecular weight is 289 g/mol. The Morgan fingerprint density at radius 1 is 1.11 bits per heavy atom. The summed E-state index contributed by atoms with van der Waals surface area (Å²) in [6, 6.07) is 0. The van der Waals surface area contributed by atoms with Crippen molar-refractivity contribution in [3.63, 3.8) is 0 Å². The van der Waals surface area contributed by atoms with E-state index < -0.39 is 7.25 Å². The third-order valence-corrected chi connectivity index (χ3v) is 3.08. The van der Waals surface area contributed by atoms with E-state index in [0.29, 0.717) is 13.0 Å². The molecule has 0 radical (unpaired) electrons. The van der Waals surface area contributed by atoms with Gasteiger partial charge in [0.05, 0.1) is 33.3 Å². The Kier molecular flexibility index (Phi) is 10.9. The first-order chi connectivity index (χ1) is 8.58. The number of quaternary nitrogens is 1. The predicted octanol–water partition coefficient (Wildman–Crippen LogP) is 3.12. The van der Waals surface area contributed by atoms with E-state index in [1.165, 1.54) is 24.1 Å². The van der Waals surface area contributed by atoms with Crippen LogP contribution in [0, 0.1) is 0 Å². The van der Waals surface area contributed by atoms with E-state index in [-0.39, 0.29) is 5.97 Å². The number of hydrogen-bond donors (Lipinski definition) is 0. The maximum Gasteiger partial charge on any atom is 0.673 e. The summed E-state index contributed by atoms with van der Waals surface area (Å²) in [6.45, 7) is 11.1. The van der Waals surface area contributed by atoms with Crippen molar-refractivity contribution >= 4 is 13.2 Å². The molecule has 1 fully saturated rings. The number of rotatable bonds is 3. The van der Waals surface area contributed by atoms with Crippen LogP contribution in [0.3, 0.4) is 0 Å². The summed E-state index contributed by atoms with van der Waals surface area (Å²) >= 11 is 0. The number of hydrogen-bond acceptors (Lipinski definition) is 2. The zero-order valence-corrected chi connectivity index (χ0v) is 12.1. The van der Waals surface area contributed by atoms with Gasteiger partial charge >= 0.3 is 13.2 Å². The van der Waals surface area contributed by atoms with Gasteiger partial charge in [-0.05, 0) is 27.2 Å². The highest BCUT2D eigenvalue weighted by atomic mass is 19.5. The number of nitrogens with zero attached hydrogens (tertiary/aromatic N) is 1. The molecule has 0 bridgehead atoms. The van der Waals surface area contributed by atoms with Crippen molar-refractivity contribution in [1.29, 1.82) is 0 Å². The molecule has 0 aliphatic carbocycles. The second-order valence-electron chi connectivity index (χ2n) is 4.39. The molecule has 1 aliphatic heterocycles. The molecule has 0 atom stereocenters. The Balaban J connectivity index is 0. The fourth-order valence-electron chi connectivity index (χ4n) is 1.15. The minimum atomic E-state index is -6.00. The molecule has 0 N–H and O–H groups in total. The molecule has 0 unspecified atom stereocenters. The van der Waals surface area contributed by atoms with E-state index in [0.717, 1.165) is 6.42 Å². The summed E-state index contributed by atoms with van der Waals surface area (Å²) in [4.78, 5) is 10.0. The van der Waals surface area contributed by atoms with Crippen molar-refractivity contribution in [2.24, 2.45) is 0 Å². The molecule has 0 spiro atoms. The highest BCUT2D eigenvalue weighted by Crippen LogP contribution is 2.06. The second kappa shape index (κ2) is 10.1. The molecule has 8 heteroatoms. The average Bonchev–Trinajstić information content (AvgIpc) is 2.78. The van der Waals surface area contributed by atoms with E-state index in [1.54, 1.807) is 0 Å². The summed E-state index contributed by atoms with van der Waals surface area (Å²) < 4.78 is 44.7. The molecule has 116 valence electrons. The van der Waals surface area contributed by atoms with Gasteiger partial charge in [0.2, 0.25) is 0 Å². The lowest BCUT2D eigenvalue weighted by Crippen LogP contribution is -2.42. The van der Waals surface area contributed by atoms with E-state index in [4.69, 9.17) is 0 Å². The van der Waals surface area contributed by atoms with Crippen LogP contribution in [0.4, 0.5) is 17.3 Å². The van der Waals surface area contributed by atoms with Gasteiger partial charge in [0.1, 0.15) is 0 Å². The lowest BCUT2D eigenvalue weighted by atomic mass is 10.3. The summed E-state index contributed by atoms with van der Waals surface area (Å²) in [7, 11) is -3.71. The number of halogens is 4. The SMILES string of the molecule is CC[N+](C)(CC)CC.F[B-](F)(F)F.O=C1CCCO1. The Morgan fingerprint density at radius 3 is 1.53 bits per heavy atom. The molecule has 0 aromatic carbocycles. The topological polar surface area (TPSA) is 26.3 Å². The summed E-state index contributed by atoms with van der Waals surface area (Å²) in [5.41, 5.74) is 0. The minimum absolute atomic E-state index is 0.0463. The monoisotopic (exact) mass is 289 g/mol. The van der Waals surface area contributed by atoms with E-state index in [2.05, 4.69) is 32.6 Å². The zero-order chi connectivity index (χ0) is 15.5. The fourth-order valence-corrected chi connectivity index (χ4v) is 1.15. The van der Waals surface area contributed by atoms with E-state index in [1.807, 2.05) is 0 Å². The van der Waals surface area contributed by atoms with Gasteiger partial charge in [-0.3, -0.25) is 4.79 Å². The van der Waals surface area contributed by atoms with Crippen molar-refractivity contribution in [2.45, 2.75) is 33.6 Å². The summed E-state index contributed by atoms with van der Waals surface area (Å²) in [5.74, 6) is -0.0463. The maximum atomic E-state index is 10.0. The zero-order valence-electron chi connectivity index (χ0n) is 12.1. The second-order valence-corrected chi connectivity index (χ2v) is 4.39. The number of esters is 1. The maximum absolute atomic E-state index is 10.0. The summed E-state index contributed by atoms with van der Waals surface area (Å²) in [5, 5.41) is 0. The molecule has 19 heavy (non-hydrogen) atoms. The van der Waals surface area contributed by atoms with Gasteiger partial charge in [-0.2, -0.15) is 0 Å². The molecular formula is C11H24BF4NO2. The van der Waals surface area contributed by atoms with Gasteiger partial charge < -0.3 is 26.5 Å². The van der Waals surface area contributed by atoms with Gasteiger partial charge in [-0.15, -0.1) is 0 Å². The van der Waals surface area contributed by atoms with Gasteiger partial charge in [-0.1, -0.05) is 0 Å². The molecular weight excluding hydrogens is 265 g/mol. The van der Waals surface area contributed by atoms with Crippen LogP contribution in [0.1, 0.15) is 33.6 Å². The first kappa shape index (κ1) is 20.5. The lowest BCUT2D eigenvalue weighted by molar-refractivity contribution is -0.904. The smallest absolute Gasteiger partial charge is 0.466 e. The number of carbonyl (C=O) groups excluding carboxylic acids is 1. The van der Waals surface area contributed by atoms with Gasteiger partial charge in [0, 0.05) is 6.42 Å². The molecule has 0 aromatic heterocycles. The predicted molar refractivity (Wildman–Crippen MR) is 68.2 cm³/mol. The largest absolute Gasteiger partial charge is 0.673 e. The number of carbonyl (C=O) groups is 1. The third kappa shape index (κ3) is 17.2. The van der Waals surface area contributed by atoms with Crippen LogP contribution >= 0.6 is 0 Å². The first-order valence-corrected chi connectivity index (χ1v) is 6.44. The fraction of sp³-hybridized carbons (Fsp3) is 0.909. The van der Waals surface area contributed by atoms with Gasteiger partial charge in [0.25, 0.3) is 0 Å². The van der Waals surface area contributed by atoms with Crippen LogP contribution in [0.2, 0.25) is 0 Å². The molecule has 1 heterocycles. The minimum Gasteiger partial charge on any atom is -0.466 e. The van der Waals surface area contributed by atoms with E-state index in [9.17, 15) is 22.1 Å². The van der Waals surface area contributed by atoms with Crippen molar-refractivity contribution in [1.82, 2.24) is 0 Å². The third-order valence-electron chi connectivity index (χ3n) is 3.08. The Morgan fingerprint density at radius 2 is 1.47 bits per heavy atom. The first-order valence-electron chi connectivity index (χ1n) is 6.44. The van der Waals surface area contributed by atoms with Crippen molar-refractivity contribution in [3.8, 4) is 0 Å². The van der Waals surface area contributed by atoms with Crippen LogP contribution in [0.5, 0.6) is 0 Å². The number of cyclic esters (lactones) is 1. The Labute approximate surface area is 112 Å². The molecule has 0 aromatic rings. The van der Waals surface area contributed by atoms with Crippen molar-refractivity contribution < 1.29 is 31.3 Å². The highest BCUT2D eigenvalue weighted by molar-refractivity contribution is 6.50.